The van der Waals surface area contributed by atoms with Gasteiger partial charge in [0.1, 0.15) is 5.69 Å². The maximum atomic E-state index is 12.4. The zero-order chi connectivity index (χ0) is 17.4. The fraction of sp³-hybridized carbons (Fsp3) is 0.125. The first-order valence-electron chi connectivity index (χ1n) is 7.54. The topological polar surface area (TPSA) is 113 Å². The molecule has 0 unspecified atom stereocenters. The molecule has 25 heavy (non-hydrogen) atoms. The Bertz CT molecular complexity index is 1030. The highest BCUT2D eigenvalue weighted by atomic mass is 32.2. The van der Waals surface area contributed by atoms with Crippen LogP contribution in [0.1, 0.15) is 10.5 Å². The molecule has 0 bridgehead atoms. The van der Waals surface area contributed by atoms with Crippen LogP contribution in [0.25, 0.3) is 11.3 Å². The van der Waals surface area contributed by atoms with Crippen LogP contribution in [-0.2, 0) is 6.54 Å². The van der Waals surface area contributed by atoms with E-state index in [-0.39, 0.29) is 5.69 Å². The molecule has 3 heterocycles. The molecule has 0 saturated heterocycles. The average Bonchev–Trinajstić information content (AvgIpc) is 3.16. The number of amides is 1. The van der Waals surface area contributed by atoms with Gasteiger partial charge in [-0.15, -0.1) is 0 Å². The number of hydrogen-bond acceptors (Lipinski definition) is 5. The van der Waals surface area contributed by atoms with Crippen LogP contribution in [0, 0.1) is 0 Å². The second-order valence-electron chi connectivity index (χ2n) is 5.45. The van der Waals surface area contributed by atoms with Crippen LogP contribution in [0.3, 0.4) is 0 Å². The van der Waals surface area contributed by atoms with Crippen molar-refractivity contribution in [1.29, 1.82) is 0 Å². The van der Waals surface area contributed by atoms with E-state index in [0.717, 1.165) is 34.8 Å². The van der Waals surface area contributed by atoms with Crippen molar-refractivity contribution in [3.8, 4) is 11.3 Å². The summed E-state index contributed by atoms with van der Waals surface area (Å²) in [4.78, 5) is 44.0. The largest absolute Gasteiger partial charge is 0.326 e. The van der Waals surface area contributed by atoms with Crippen molar-refractivity contribution in [2.75, 3.05) is 11.1 Å². The Morgan fingerprint density at radius 2 is 2.08 bits per heavy atom. The summed E-state index contributed by atoms with van der Waals surface area (Å²) in [6.45, 7) is 0.912. The number of para-hydroxylation sites is 1. The molecule has 0 saturated carbocycles. The third kappa shape index (κ3) is 3.01. The fourth-order valence-electron chi connectivity index (χ4n) is 2.64. The van der Waals surface area contributed by atoms with Crippen molar-refractivity contribution < 1.29 is 4.79 Å². The second kappa shape index (κ2) is 6.10. The van der Waals surface area contributed by atoms with E-state index in [1.54, 1.807) is 23.9 Å². The molecule has 1 aliphatic heterocycles. The number of carbonyl (C=O) groups excluding carboxylic acids is 1. The van der Waals surface area contributed by atoms with Crippen molar-refractivity contribution in [2.24, 2.45) is 0 Å². The van der Waals surface area contributed by atoms with Crippen molar-refractivity contribution in [1.82, 2.24) is 19.5 Å². The van der Waals surface area contributed by atoms with Gasteiger partial charge >= 0.3 is 5.69 Å². The number of H-pyrrole nitrogens is 2. The van der Waals surface area contributed by atoms with Crippen LogP contribution >= 0.6 is 11.8 Å². The maximum Gasteiger partial charge on any atom is 0.326 e. The molecule has 0 aliphatic carbocycles. The molecular weight excluding hydrogens is 342 g/mol. The number of rotatable bonds is 3. The van der Waals surface area contributed by atoms with Crippen LogP contribution in [0.5, 0.6) is 0 Å². The molecule has 0 spiro atoms. The Morgan fingerprint density at radius 3 is 2.88 bits per heavy atom. The van der Waals surface area contributed by atoms with E-state index in [1.165, 1.54) is 0 Å². The molecule has 9 heteroatoms. The van der Waals surface area contributed by atoms with Crippen molar-refractivity contribution >= 4 is 23.4 Å². The number of aromatic amines is 2. The second-order valence-corrected chi connectivity index (χ2v) is 6.51. The predicted octanol–water partition coefficient (Wildman–Crippen LogP) is 1.28. The van der Waals surface area contributed by atoms with Gasteiger partial charge in [0.2, 0.25) is 0 Å². The van der Waals surface area contributed by atoms with Crippen LogP contribution in [0.15, 0.2) is 51.3 Å². The number of anilines is 1. The number of aromatic nitrogens is 4. The van der Waals surface area contributed by atoms with E-state index in [9.17, 15) is 14.4 Å². The molecule has 1 amide bonds. The Labute approximate surface area is 145 Å². The molecule has 3 aromatic rings. The summed E-state index contributed by atoms with van der Waals surface area (Å²) in [6, 6.07) is 8.30. The fourth-order valence-corrected chi connectivity index (χ4v) is 3.58. The number of benzene rings is 1. The molecule has 3 N–H and O–H groups in total. The summed E-state index contributed by atoms with van der Waals surface area (Å²) in [6.07, 6.45) is 1.95. The number of nitrogens with zero attached hydrogens (tertiary/aromatic N) is 2. The summed E-state index contributed by atoms with van der Waals surface area (Å²) < 4.78 is 2.08. The molecule has 126 valence electrons. The van der Waals surface area contributed by atoms with Gasteiger partial charge in [0.15, 0.2) is 5.16 Å². The van der Waals surface area contributed by atoms with Crippen molar-refractivity contribution in [3.05, 3.63) is 63.1 Å². The van der Waals surface area contributed by atoms with Gasteiger partial charge in [-0.3, -0.25) is 14.6 Å². The lowest BCUT2D eigenvalue weighted by molar-refractivity contribution is 0.102. The molecule has 4 rings (SSSR count). The smallest absolute Gasteiger partial charge is 0.325 e. The van der Waals surface area contributed by atoms with E-state index in [2.05, 4.69) is 19.9 Å². The van der Waals surface area contributed by atoms with E-state index < -0.39 is 17.2 Å². The SMILES string of the molecule is O=C(Nc1ccccc1-c1cn2c(n1)SCC2)c1cc(=O)[nH]c(=O)[nH]1. The lowest BCUT2D eigenvalue weighted by Gasteiger charge is -2.09. The molecule has 0 fully saturated rings. The highest BCUT2D eigenvalue weighted by Crippen LogP contribution is 2.32. The average molecular weight is 355 g/mol. The van der Waals surface area contributed by atoms with Gasteiger partial charge in [-0.05, 0) is 6.07 Å². The van der Waals surface area contributed by atoms with Crippen LogP contribution in [-0.4, -0.2) is 31.2 Å². The first-order valence-corrected chi connectivity index (χ1v) is 8.53. The summed E-state index contributed by atoms with van der Waals surface area (Å²) in [5, 5.41) is 3.68. The highest BCUT2D eigenvalue weighted by molar-refractivity contribution is 7.99. The number of nitrogens with one attached hydrogen (secondary N) is 3. The van der Waals surface area contributed by atoms with Gasteiger partial charge in [-0.1, -0.05) is 30.0 Å². The standard InChI is InChI=1S/C16H13N5O3S/c22-13-7-11(18-15(24)20-13)14(23)17-10-4-2-1-3-9(10)12-8-21-5-6-25-16(21)19-12/h1-4,7-8H,5-6H2,(H,17,23)(H2,18,20,22,24). The van der Waals surface area contributed by atoms with Gasteiger partial charge in [-0.2, -0.15) is 0 Å². The van der Waals surface area contributed by atoms with Crippen LogP contribution in [0.4, 0.5) is 5.69 Å². The normalized spacial score (nSPS) is 12.8. The minimum atomic E-state index is -0.728. The Kier molecular flexibility index (Phi) is 3.77. The maximum absolute atomic E-state index is 12.4. The number of hydrogen-bond donors (Lipinski definition) is 3. The number of imidazole rings is 1. The molecule has 1 aromatic carbocycles. The Morgan fingerprint density at radius 1 is 1.24 bits per heavy atom. The first kappa shape index (κ1) is 15.5. The van der Waals surface area contributed by atoms with Gasteiger partial charge < -0.3 is 14.9 Å². The minimum absolute atomic E-state index is 0.105. The molecule has 0 atom stereocenters. The lowest BCUT2D eigenvalue weighted by atomic mass is 10.1. The number of thioether (sulfide) groups is 1. The van der Waals surface area contributed by atoms with Gasteiger partial charge in [0.25, 0.3) is 11.5 Å². The molecule has 2 aromatic heterocycles. The van der Waals surface area contributed by atoms with Crippen LogP contribution in [0.2, 0.25) is 0 Å². The molecule has 0 radical (unpaired) electrons. The predicted molar refractivity (Wildman–Crippen MR) is 94.0 cm³/mol. The van der Waals surface area contributed by atoms with E-state index >= 15 is 0 Å². The summed E-state index contributed by atoms with van der Waals surface area (Å²) in [5.74, 6) is 0.438. The first-order chi connectivity index (χ1) is 12.1. The minimum Gasteiger partial charge on any atom is -0.325 e. The van der Waals surface area contributed by atoms with E-state index in [1.807, 2.05) is 23.3 Å². The third-order valence-corrected chi connectivity index (χ3v) is 4.73. The van der Waals surface area contributed by atoms with Crippen molar-refractivity contribution in [3.63, 3.8) is 0 Å². The Balaban J connectivity index is 1.68. The zero-order valence-electron chi connectivity index (χ0n) is 12.9. The molecule has 8 nitrogen and oxygen atoms in total. The number of aryl methyl sites for hydroxylation is 1. The van der Waals surface area contributed by atoms with E-state index in [4.69, 9.17) is 0 Å². The number of fused-ring (bicyclic) bond motifs is 1. The monoisotopic (exact) mass is 355 g/mol. The molecular formula is C16H13N5O3S. The summed E-state index contributed by atoms with van der Waals surface area (Å²) in [5.41, 5.74) is 0.614. The van der Waals surface area contributed by atoms with Crippen LogP contribution < -0.4 is 16.6 Å². The highest BCUT2D eigenvalue weighted by Gasteiger charge is 2.18. The quantitative estimate of drug-likeness (QED) is 0.655. The summed E-state index contributed by atoms with van der Waals surface area (Å²) in [7, 11) is 0. The third-order valence-electron chi connectivity index (χ3n) is 3.76. The number of carbonyl (C=O) groups is 1. The van der Waals surface area contributed by atoms with Gasteiger partial charge in [0.05, 0.1) is 11.4 Å². The Hall–Kier alpha value is -3.07. The molecule has 1 aliphatic rings. The lowest BCUT2D eigenvalue weighted by Crippen LogP contribution is -2.27. The van der Waals surface area contributed by atoms with Gasteiger partial charge in [-0.25, -0.2) is 9.78 Å². The zero-order valence-corrected chi connectivity index (χ0v) is 13.7. The van der Waals surface area contributed by atoms with Crippen molar-refractivity contribution in [2.45, 2.75) is 11.7 Å². The van der Waals surface area contributed by atoms with Gasteiger partial charge in [0, 0.05) is 30.1 Å². The van der Waals surface area contributed by atoms with E-state index in [0.29, 0.717) is 5.69 Å². The summed E-state index contributed by atoms with van der Waals surface area (Å²) >= 11 is 1.69.